The number of ether oxygens (including phenoxy) is 3. The van der Waals surface area contributed by atoms with Gasteiger partial charge < -0.3 is 14.2 Å². The lowest BCUT2D eigenvalue weighted by Crippen LogP contribution is -2.30. The molecule has 6 nitrogen and oxygen atoms in total. The van der Waals surface area contributed by atoms with Crippen molar-refractivity contribution < 1.29 is 28.6 Å². The van der Waals surface area contributed by atoms with Gasteiger partial charge >= 0.3 is 17.9 Å². The molecule has 0 fully saturated rings. The number of hydrogen-bond acceptors (Lipinski definition) is 6. The molecule has 0 aliphatic carbocycles. The molecular formula is C63H96O6. The minimum Gasteiger partial charge on any atom is -0.462 e. The molecule has 0 aromatic heterocycles. The molecule has 0 aliphatic heterocycles. The molecule has 0 bridgehead atoms. The molecule has 69 heavy (non-hydrogen) atoms. The molecule has 384 valence electrons. The lowest BCUT2D eigenvalue weighted by Gasteiger charge is -2.18. The van der Waals surface area contributed by atoms with Crippen LogP contribution in [0.15, 0.2) is 158 Å². The maximum atomic E-state index is 12.8. The Hall–Kier alpha value is -4.97. The first-order chi connectivity index (χ1) is 34.0. The van der Waals surface area contributed by atoms with Gasteiger partial charge in [0.25, 0.3) is 0 Å². The Morgan fingerprint density at radius 2 is 0.609 bits per heavy atom. The largest absolute Gasteiger partial charge is 0.462 e. The van der Waals surface area contributed by atoms with Crippen molar-refractivity contribution in [3.8, 4) is 0 Å². The van der Waals surface area contributed by atoms with Crippen molar-refractivity contribution in [1.82, 2.24) is 0 Å². The zero-order chi connectivity index (χ0) is 50.0. The van der Waals surface area contributed by atoms with Crippen LogP contribution in [0.25, 0.3) is 0 Å². The summed E-state index contributed by atoms with van der Waals surface area (Å²) >= 11 is 0. The van der Waals surface area contributed by atoms with Gasteiger partial charge in [-0.3, -0.25) is 14.4 Å². The summed E-state index contributed by atoms with van der Waals surface area (Å²) in [6.45, 7) is 6.23. The molecule has 0 saturated heterocycles. The van der Waals surface area contributed by atoms with Crippen molar-refractivity contribution in [2.24, 2.45) is 0 Å². The highest BCUT2D eigenvalue weighted by atomic mass is 16.6. The van der Waals surface area contributed by atoms with Crippen LogP contribution in [0, 0.1) is 0 Å². The van der Waals surface area contributed by atoms with E-state index in [-0.39, 0.29) is 50.4 Å². The fourth-order valence-electron chi connectivity index (χ4n) is 6.53. The van der Waals surface area contributed by atoms with Crippen LogP contribution < -0.4 is 0 Å². The summed E-state index contributed by atoms with van der Waals surface area (Å²) < 4.78 is 16.7. The van der Waals surface area contributed by atoms with E-state index in [1.807, 2.05) is 12.2 Å². The van der Waals surface area contributed by atoms with Gasteiger partial charge in [-0.2, -0.15) is 0 Å². The van der Waals surface area contributed by atoms with Gasteiger partial charge in [0.1, 0.15) is 13.2 Å². The highest BCUT2D eigenvalue weighted by Crippen LogP contribution is 2.11. The molecule has 0 aromatic rings. The van der Waals surface area contributed by atoms with Crippen LogP contribution in [0.2, 0.25) is 0 Å². The Balaban J connectivity index is 4.65. The zero-order valence-electron chi connectivity index (χ0n) is 43.8. The van der Waals surface area contributed by atoms with Crippen LogP contribution in [0.5, 0.6) is 0 Å². The third-order valence-corrected chi connectivity index (χ3v) is 10.5. The summed E-state index contributed by atoms with van der Waals surface area (Å²) in [6, 6.07) is 0. The first-order valence-corrected chi connectivity index (χ1v) is 27.0. The van der Waals surface area contributed by atoms with Gasteiger partial charge in [0, 0.05) is 19.3 Å². The van der Waals surface area contributed by atoms with Crippen LogP contribution in [0.1, 0.15) is 201 Å². The number of carbonyl (C=O) groups is 3. The van der Waals surface area contributed by atoms with E-state index in [1.165, 1.54) is 25.7 Å². The van der Waals surface area contributed by atoms with E-state index in [0.29, 0.717) is 12.8 Å². The van der Waals surface area contributed by atoms with Crippen molar-refractivity contribution in [2.75, 3.05) is 13.2 Å². The topological polar surface area (TPSA) is 78.9 Å². The highest BCUT2D eigenvalue weighted by molar-refractivity contribution is 5.71. The summed E-state index contributed by atoms with van der Waals surface area (Å²) in [5.41, 5.74) is 0. The third kappa shape index (κ3) is 53.8. The van der Waals surface area contributed by atoms with E-state index >= 15 is 0 Å². The lowest BCUT2D eigenvalue weighted by atomic mass is 10.1. The molecule has 1 atom stereocenters. The van der Waals surface area contributed by atoms with E-state index < -0.39 is 6.10 Å². The molecule has 0 N–H and O–H groups in total. The minimum absolute atomic E-state index is 0.145. The van der Waals surface area contributed by atoms with Gasteiger partial charge in [-0.05, 0) is 128 Å². The Morgan fingerprint density at radius 1 is 0.304 bits per heavy atom. The van der Waals surface area contributed by atoms with Gasteiger partial charge in [-0.15, -0.1) is 0 Å². The zero-order valence-corrected chi connectivity index (χ0v) is 43.8. The Kier molecular flexibility index (Phi) is 51.6. The molecule has 0 saturated carbocycles. The highest BCUT2D eigenvalue weighted by Gasteiger charge is 2.19. The van der Waals surface area contributed by atoms with Gasteiger partial charge in [0.15, 0.2) is 6.10 Å². The van der Waals surface area contributed by atoms with Crippen LogP contribution in [0.4, 0.5) is 0 Å². The van der Waals surface area contributed by atoms with Crippen molar-refractivity contribution in [1.29, 1.82) is 0 Å². The summed E-state index contributed by atoms with van der Waals surface area (Å²) in [5, 5.41) is 0. The van der Waals surface area contributed by atoms with Crippen LogP contribution >= 0.6 is 0 Å². The molecule has 0 aliphatic rings. The molecule has 0 heterocycles. The third-order valence-electron chi connectivity index (χ3n) is 10.5. The summed E-state index contributed by atoms with van der Waals surface area (Å²) in [4.78, 5) is 38.0. The van der Waals surface area contributed by atoms with Gasteiger partial charge in [0.05, 0.1) is 0 Å². The minimum atomic E-state index is -0.848. The second-order valence-electron chi connectivity index (χ2n) is 17.0. The Labute approximate surface area is 422 Å². The lowest BCUT2D eigenvalue weighted by molar-refractivity contribution is -0.166. The standard InChI is InChI=1S/C63H96O6/c1-4-7-10-13-16-19-22-25-28-30-31-33-36-38-41-44-47-50-53-56-62(65)68-59-60(69-63(66)57-54-51-48-45-42-39-34-27-24-21-18-15-12-9-6-3)58-67-61(64)55-52-49-46-43-40-37-35-32-29-26-23-20-17-14-11-8-5-2/h8-9,11-12,16-21,25-29,31,33-35,37-38,41,43,46-47,50,60H,4-7,10,13-15,22-24,30,32,36,39-40,42,44-45,48-49,51-59H2,1-3H3/b11-8-,12-9-,19-16-,20-17-,21-18-,28-25-,29-26-,33-31-,34-27-,37-35-,41-38-,46-43-,50-47-/t60-/m1/s1. The van der Waals surface area contributed by atoms with Gasteiger partial charge in [-0.1, -0.05) is 211 Å². The summed E-state index contributed by atoms with van der Waals surface area (Å²) in [5.74, 6) is -1.11. The number of esters is 3. The predicted molar refractivity (Wildman–Crippen MR) is 297 cm³/mol. The second-order valence-corrected chi connectivity index (χ2v) is 17.0. The molecule has 0 radical (unpaired) electrons. The van der Waals surface area contributed by atoms with Crippen molar-refractivity contribution >= 4 is 17.9 Å². The maximum Gasteiger partial charge on any atom is 0.306 e. The summed E-state index contributed by atoms with van der Waals surface area (Å²) in [6.07, 6.45) is 81.0. The van der Waals surface area contributed by atoms with E-state index in [1.54, 1.807) is 0 Å². The average molecular weight is 949 g/mol. The molecule has 0 aromatic carbocycles. The molecule has 0 amide bonds. The number of unbranched alkanes of at least 4 members (excludes halogenated alkanes) is 9. The number of rotatable bonds is 46. The molecule has 0 spiro atoms. The van der Waals surface area contributed by atoms with Crippen LogP contribution in [-0.2, 0) is 28.6 Å². The van der Waals surface area contributed by atoms with E-state index in [2.05, 4.69) is 167 Å². The first kappa shape index (κ1) is 64.0. The van der Waals surface area contributed by atoms with Crippen LogP contribution in [-0.4, -0.2) is 37.2 Å². The quantitative estimate of drug-likeness (QED) is 0.0262. The second kappa shape index (κ2) is 55.6. The van der Waals surface area contributed by atoms with Crippen molar-refractivity contribution in [3.05, 3.63) is 158 Å². The molecule has 6 heteroatoms. The Morgan fingerprint density at radius 3 is 1.01 bits per heavy atom. The smallest absolute Gasteiger partial charge is 0.306 e. The average Bonchev–Trinajstić information content (AvgIpc) is 3.35. The maximum absolute atomic E-state index is 12.8. The predicted octanol–water partition coefficient (Wildman–Crippen LogP) is 18.2. The molecule has 0 unspecified atom stereocenters. The molecular weight excluding hydrogens is 853 g/mol. The molecule has 0 rings (SSSR count). The monoisotopic (exact) mass is 949 g/mol. The van der Waals surface area contributed by atoms with Crippen molar-refractivity contribution in [2.45, 2.75) is 207 Å². The number of carbonyl (C=O) groups excluding carboxylic acids is 3. The fraction of sp³-hybridized carbons (Fsp3) is 0.540. The van der Waals surface area contributed by atoms with Gasteiger partial charge in [0.2, 0.25) is 0 Å². The van der Waals surface area contributed by atoms with E-state index in [4.69, 9.17) is 14.2 Å². The SMILES string of the molecule is CC/C=C\C/C=C\C/C=C\C/C=C\C/C=C\CCCC(=O)OC[C@H](COC(=O)CC/C=C\C/C=C\C/C=C\C/C=C\C/C=C\CCCCC)OC(=O)CCCCCCC/C=C\C/C=C\C/C=C\CC. The first-order valence-electron chi connectivity index (χ1n) is 27.0. The van der Waals surface area contributed by atoms with Crippen molar-refractivity contribution in [3.63, 3.8) is 0 Å². The van der Waals surface area contributed by atoms with E-state index in [9.17, 15) is 14.4 Å². The normalized spacial score (nSPS) is 13.4. The Bertz CT molecular complexity index is 1610. The number of hydrogen-bond donors (Lipinski definition) is 0. The number of allylic oxidation sites excluding steroid dienone is 26. The fourth-order valence-corrected chi connectivity index (χ4v) is 6.53. The van der Waals surface area contributed by atoms with Gasteiger partial charge in [-0.25, -0.2) is 0 Å². The van der Waals surface area contributed by atoms with E-state index in [0.717, 1.165) is 122 Å². The van der Waals surface area contributed by atoms with Crippen LogP contribution in [0.3, 0.4) is 0 Å². The summed E-state index contributed by atoms with van der Waals surface area (Å²) in [7, 11) is 0.